The van der Waals surface area contributed by atoms with Crippen LogP contribution in [0.2, 0.25) is 0 Å². The normalized spacial score (nSPS) is 17.1. The third-order valence-corrected chi connectivity index (χ3v) is 5.46. The SMILES string of the molecule is CCn1nc(-c2ccccc2)nc1C1CCCN(C(=O)c2ccc[nH]c2=O)CC1. The van der Waals surface area contributed by atoms with E-state index < -0.39 is 0 Å². The summed E-state index contributed by atoms with van der Waals surface area (Å²) in [5.41, 5.74) is 0.875. The Morgan fingerprint density at radius 2 is 1.97 bits per heavy atom. The van der Waals surface area contributed by atoms with Gasteiger partial charge in [-0.3, -0.25) is 9.59 Å². The summed E-state index contributed by atoms with van der Waals surface area (Å²) >= 11 is 0. The van der Waals surface area contributed by atoms with Crippen LogP contribution in [0.5, 0.6) is 0 Å². The second-order valence-corrected chi connectivity index (χ2v) is 7.31. The highest BCUT2D eigenvalue weighted by Gasteiger charge is 2.27. The highest BCUT2D eigenvalue weighted by Crippen LogP contribution is 2.29. The van der Waals surface area contributed by atoms with E-state index >= 15 is 0 Å². The molecule has 150 valence electrons. The predicted octanol–water partition coefficient (Wildman–Crippen LogP) is 3.06. The number of nitrogens with zero attached hydrogens (tertiary/aromatic N) is 4. The number of benzene rings is 1. The molecule has 1 aliphatic rings. The first-order valence-corrected chi connectivity index (χ1v) is 10.1. The minimum atomic E-state index is -0.337. The number of carbonyl (C=O) groups excluding carboxylic acids is 1. The Balaban J connectivity index is 1.53. The number of amides is 1. The Bertz CT molecular complexity index is 1040. The average Bonchev–Trinajstić information content (AvgIpc) is 3.04. The van der Waals surface area contributed by atoms with E-state index in [0.717, 1.165) is 43.0 Å². The monoisotopic (exact) mass is 391 g/mol. The highest BCUT2D eigenvalue weighted by molar-refractivity contribution is 5.93. The van der Waals surface area contributed by atoms with Crippen LogP contribution in [0.15, 0.2) is 53.5 Å². The van der Waals surface area contributed by atoms with Gasteiger partial charge in [-0.1, -0.05) is 30.3 Å². The van der Waals surface area contributed by atoms with Crippen molar-refractivity contribution in [2.24, 2.45) is 0 Å². The van der Waals surface area contributed by atoms with Gasteiger partial charge in [0.2, 0.25) is 0 Å². The van der Waals surface area contributed by atoms with Crippen molar-refractivity contribution in [3.8, 4) is 11.4 Å². The zero-order chi connectivity index (χ0) is 20.2. The summed E-state index contributed by atoms with van der Waals surface area (Å²) in [6.45, 7) is 4.08. The van der Waals surface area contributed by atoms with Crippen molar-refractivity contribution in [3.63, 3.8) is 0 Å². The second-order valence-electron chi connectivity index (χ2n) is 7.31. The Morgan fingerprint density at radius 3 is 2.72 bits per heavy atom. The first kappa shape index (κ1) is 19.1. The fourth-order valence-corrected chi connectivity index (χ4v) is 3.92. The number of nitrogens with one attached hydrogen (secondary N) is 1. The van der Waals surface area contributed by atoms with Gasteiger partial charge in [-0.15, -0.1) is 0 Å². The Kier molecular flexibility index (Phi) is 5.55. The van der Waals surface area contributed by atoms with Gasteiger partial charge in [-0.2, -0.15) is 5.10 Å². The van der Waals surface area contributed by atoms with Crippen LogP contribution < -0.4 is 5.56 Å². The molecule has 1 atom stereocenters. The van der Waals surface area contributed by atoms with Gasteiger partial charge in [0.25, 0.3) is 11.5 Å². The van der Waals surface area contributed by atoms with Gasteiger partial charge in [-0.25, -0.2) is 9.67 Å². The summed E-state index contributed by atoms with van der Waals surface area (Å²) < 4.78 is 1.98. The number of rotatable bonds is 4. The maximum absolute atomic E-state index is 12.8. The molecule has 1 aromatic carbocycles. The van der Waals surface area contributed by atoms with Crippen LogP contribution >= 0.6 is 0 Å². The van der Waals surface area contributed by atoms with Gasteiger partial charge in [0, 0.05) is 37.3 Å². The average molecular weight is 391 g/mol. The molecule has 0 radical (unpaired) electrons. The molecule has 29 heavy (non-hydrogen) atoms. The van der Waals surface area contributed by atoms with Crippen LogP contribution in [0.25, 0.3) is 11.4 Å². The molecular formula is C22H25N5O2. The zero-order valence-electron chi connectivity index (χ0n) is 16.5. The van der Waals surface area contributed by atoms with Gasteiger partial charge < -0.3 is 9.88 Å². The lowest BCUT2D eigenvalue weighted by molar-refractivity contribution is 0.0759. The van der Waals surface area contributed by atoms with Crippen molar-refractivity contribution >= 4 is 5.91 Å². The summed E-state index contributed by atoms with van der Waals surface area (Å²) in [4.78, 5) is 34.0. The molecule has 7 nitrogen and oxygen atoms in total. The number of pyridine rings is 1. The number of hydrogen-bond acceptors (Lipinski definition) is 4. The molecule has 1 fully saturated rings. The summed E-state index contributed by atoms with van der Waals surface area (Å²) in [6, 6.07) is 13.3. The van der Waals surface area contributed by atoms with E-state index in [9.17, 15) is 9.59 Å². The molecule has 4 rings (SSSR count). The van der Waals surface area contributed by atoms with Crippen LogP contribution in [0.1, 0.15) is 48.3 Å². The molecule has 3 aromatic rings. The Labute approximate surface area is 169 Å². The fourth-order valence-electron chi connectivity index (χ4n) is 3.92. The van der Waals surface area contributed by atoms with Crippen molar-refractivity contribution in [3.05, 3.63) is 70.4 Å². The second kappa shape index (κ2) is 8.43. The standard InChI is InChI=1S/C22H25N5O2/c1-2-27-20(24-19(25-27)16-8-4-3-5-9-16)17-10-7-14-26(15-12-17)22(29)18-11-6-13-23-21(18)28/h3-6,8-9,11,13,17H,2,7,10,12,14-15H2,1H3,(H,23,28). The van der Waals surface area contributed by atoms with E-state index in [1.54, 1.807) is 23.2 Å². The van der Waals surface area contributed by atoms with Crippen LogP contribution in [0.4, 0.5) is 0 Å². The lowest BCUT2D eigenvalue weighted by Gasteiger charge is -2.20. The molecule has 1 unspecified atom stereocenters. The maximum atomic E-state index is 12.8. The van der Waals surface area contributed by atoms with Crippen LogP contribution in [0.3, 0.4) is 0 Å². The van der Waals surface area contributed by atoms with E-state index in [-0.39, 0.29) is 22.9 Å². The van der Waals surface area contributed by atoms with Crippen molar-refractivity contribution in [1.82, 2.24) is 24.6 Å². The van der Waals surface area contributed by atoms with Gasteiger partial charge in [-0.05, 0) is 38.3 Å². The van der Waals surface area contributed by atoms with E-state index in [1.807, 2.05) is 35.0 Å². The predicted molar refractivity (Wildman–Crippen MR) is 111 cm³/mol. The first-order chi connectivity index (χ1) is 14.2. The smallest absolute Gasteiger partial charge is 0.260 e. The summed E-state index contributed by atoms with van der Waals surface area (Å²) in [7, 11) is 0. The van der Waals surface area contributed by atoms with Crippen LogP contribution in [-0.2, 0) is 6.54 Å². The lowest BCUT2D eigenvalue weighted by atomic mass is 10.00. The quantitative estimate of drug-likeness (QED) is 0.741. The Morgan fingerprint density at radius 1 is 1.14 bits per heavy atom. The molecule has 0 bridgehead atoms. The molecule has 0 aliphatic carbocycles. The topological polar surface area (TPSA) is 83.9 Å². The highest BCUT2D eigenvalue weighted by atomic mass is 16.2. The van der Waals surface area contributed by atoms with Gasteiger partial charge in [0.1, 0.15) is 11.4 Å². The van der Waals surface area contributed by atoms with Crippen molar-refractivity contribution in [1.29, 1.82) is 0 Å². The molecule has 1 aliphatic heterocycles. The summed E-state index contributed by atoms with van der Waals surface area (Å²) in [5.74, 6) is 1.77. The number of likely N-dealkylation sites (tertiary alicyclic amines) is 1. The lowest BCUT2D eigenvalue weighted by Crippen LogP contribution is -2.35. The zero-order valence-corrected chi connectivity index (χ0v) is 16.5. The molecule has 7 heteroatoms. The van der Waals surface area contributed by atoms with Gasteiger partial charge in [0.15, 0.2) is 5.82 Å². The van der Waals surface area contributed by atoms with E-state index in [1.165, 1.54) is 0 Å². The first-order valence-electron chi connectivity index (χ1n) is 10.1. The van der Waals surface area contributed by atoms with Crippen molar-refractivity contribution in [2.45, 2.75) is 38.6 Å². The van der Waals surface area contributed by atoms with Crippen LogP contribution in [-0.4, -0.2) is 43.6 Å². The van der Waals surface area contributed by atoms with Crippen LogP contribution in [0, 0.1) is 0 Å². The molecule has 0 saturated carbocycles. The molecule has 1 saturated heterocycles. The number of aromatic amines is 1. The van der Waals surface area contributed by atoms with E-state index in [4.69, 9.17) is 10.1 Å². The largest absolute Gasteiger partial charge is 0.338 e. The molecule has 1 N–H and O–H groups in total. The van der Waals surface area contributed by atoms with Crippen molar-refractivity contribution < 1.29 is 4.79 Å². The minimum absolute atomic E-state index is 0.200. The number of carbonyl (C=O) groups is 1. The molecule has 3 heterocycles. The number of hydrogen-bond donors (Lipinski definition) is 1. The van der Waals surface area contributed by atoms with Gasteiger partial charge >= 0.3 is 0 Å². The molecular weight excluding hydrogens is 366 g/mol. The minimum Gasteiger partial charge on any atom is -0.338 e. The number of H-pyrrole nitrogens is 1. The molecule has 0 spiro atoms. The fraction of sp³-hybridized carbons (Fsp3) is 0.364. The van der Waals surface area contributed by atoms with Crippen molar-refractivity contribution in [2.75, 3.05) is 13.1 Å². The molecule has 1 amide bonds. The van der Waals surface area contributed by atoms with E-state index in [0.29, 0.717) is 13.1 Å². The Hall–Kier alpha value is -3.22. The summed E-state index contributed by atoms with van der Waals surface area (Å²) in [6.07, 6.45) is 4.17. The summed E-state index contributed by atoms with van der Waals surface area (Å²) in [5, 5.41) is 4.70. The van der Waals surface area contributed by atoms with E-state index in [2.05, 4.69) is 11.9 Å². The number of aryl methyl sites for hydroxylation is 1. The molecule has 2 aromatic heterocycles. The number of aromatic nitrogens is 4. The maximum Gasteiger partial charge on any atom is 0.260 e. The van der Waals surface area contributed by atoms with Gasteiger partial charge in [0.05, 0.1) is 0 Å². The third kappa shape index (κ3) is 3.99. The third-order valence-electron chi connectivity index (χ3n) is 5.46.